The number of fused-ring (bicyclic) bond motifs is 1. The van der Waals surface area contributed by atoms with Gasteiger partial charge in [-0.05, 0) is 34.5 Å². The Morgan fingerprint density at radius 2 is 2.26 bits per heavy atom. The summed E-state index contributed by atoms with van der Waals surface area (Å²) in [5.74, 6) is 0.764. The predicted octanol–water partition coefficient (Wildman–Crippen LogP) is 4.67. The van der Waals surface area contributed by atoms with Gasteiger partial charge in [0.15, 0.2) is 0 Å². The maximum absolute atomic E-state index is 6.18. The van der Waals surface area contributed by atoms with Crippen molar-refractivity contribution < 1.29 is 4.74 Å². The molecule has 1 unspecified atom stereocenters. The van der Waals surface area contributed by atoms with Gasteiger partial charge in [0.1, 0.15) is 5.75 Å². The molecule has 3 rings (SSSR count). The van der Waals surface area contributed by atoms with Crippen molar-refractivity contribution in [3.63, 3.8) is 0 Å². The zero-order valence-electron chi connectivity index (χ0n) is 10.2. The minimum atomic E-state index is 0.236. The zero-order valence-corrected chi connectivity index (χ0v) is 12.5. The van der Waals surface area contributed by atoms with Crippen molar-refractivity contribution >= 4 is 34.5 Å². The van der Waals surface area contributed by atoms with Crippen LogP contribution >= 0.6 is 34.5 Å². The number of benzene rings is 1. The van der Waals surface area contributed by atoms with Crippen LogP contribution in [0.2, 0.25) is 10.0 Å². The van der Waals surface area contributed by atoms with E-state index in [1.54, 1.807) is 17.4 Å². The third-order valence-electron chi connectivity index (χ3n) is 3.20. The van der Waals surface area contributed by atoms with E-state index in [9.17, 15) is 0 Å². The van der Waals surface area contributed by atoms with Crippen LogP contribution in [0, 0.1) is 0 Å². The molecule has 0 saturated carbocycles. The number of hydrogen-bond acceptors (Lipinski definition) is 3. The minimum absolute atomic E-state index is 0.236. The molecule has 2 heterocycles. The van der Waals surface area contributed by atoms with Crippen LogP contribution in [0.25, 0.3) is 0 Å². The number of hydrogen-bond donors (Lipinski definition) is 1. The summed E-state index contributed by atoms with van der Waals surface area (Å²) < 4.78 is 5.65. The van der Waals surface area contributed by atoms with Crippen molar-refractivity contribution in [2.24, 2.45) is 0 Å². The number of thiophene rings is 1. The molecule has 5 heteroatoms. The number of halogens is 2. The van der Waals surface area contributed by atoms with Gasteiger partial charge >= 0.3 is 0 Å². The lowest BCUT2D eigenvalue weighted by atomic mass is 10.0. The van der Waals surface area contributed by atoms with Crippen LogP contribution in [0.5, 0.6) is 5.75 Å². The van der Waals surface area contributed by atoms with Crippen molar-refractivity contribution in [1.29, 1.82) is 0 Å². The summed E-state index contributed by atoms with van der Waals surface area (Å²) in [6.45, 7) is 1.52. The highest BCUT2D eigenvalue weighted by molar-refractivity contribution is 7.07. The largest absolute Gasteiger partial charge is 0.492 e. The molecular weight excluding hydrogens is 301 g/mol. The van der Waals surface area contributed by atoms with E-state index in [4.69, 9.17) is 27.9 Å². The lowest BCUT2D eigenvalue weighted by molar-refractivity contribution is 0.252. The number of rotatable bonds is 3. The zero-order chi connectivity index (χ0) is 13.2. The summed E-state index contributed by atoms with van der Waals surface area (Å²) in [5.41, 5.74) is 2.35. The van der Waals surface area contributed by atoms with Crippen molar-refractivity contribution in [2.45, 2.75) is 19.0 Å². The highest BCUT2D eigenvalue weighted by Gasteiger charge is 2.23. The second kappa shape index (κ2) is 5.71. The molecule has 1 atom stereocenters. The van der Waals surface area contributed by atoms with Crippen LogP contribution in [0.3, 0.4) is 0 Å². The molecule has 1 aliphatic heterocycles. The summed E-state index contributed by atoms with van der Waals surface area (Å²) >= 11 is 14.0. The first-order valence-corrected chi connectivity index (χ1v) is 7.80. The second-order valence-electron chi connectivity index (χ2n) is 4.51. The molecule has 0 aliphatic carbocycles. The van der Waals surface area contributed by atoms with Gasteiger partial charge in [0.25, 0.3) is 0 Å². The van der Waals surface area contributed by atoms with E-state index in [1.807, 2.05) is 6.07 Å². The van der Waals surface area contributed by atoms with E-state index in [0.717, 1.165) is 24.3 Å². The Bertz CT molecular complexity index is 571. The van der Waals surface area contributed by atoms with Crippen molar-refractivity contribution in [3.05, 3.63) is 50.1 Å². The van der Waals surface area contributed by atoms with Gasteiger partial charge in [0, 0.05) is 29.6 Å². The summed E-state index contributed by atoms with van der Waals surface area (Å²) in [7, 11) is 0. The van der Waals surface area contributed by atoms with E-state index in [0.29, 0.717) is 16.7 Å². The highest BCUT2D eigenvalue weighted by atomic mass is 35.5. The summed E-state index contributed by atoms with van der Waals surface area (Å²) in [6, 6.07) is 6.03. The fourth-order valence-electron chi connectivity index (χ4n) is 2.27. The van der Waals surface area contributed by atoms with Gasteiger partial charge < -0.3 is 10.1 Å². The lowest BCUT2D eigenvalue weighted by Gasteiger charge is -2.27. The SMILES string of the molecule is Clc1cc(Cl)c2c(c1)C(NCc1ccsc1)CCO2. The van der Waals surface area contributed by atoms with Crippen molar-refractivity contribution in [1.82, 2.24) is 5.32 Å². The van der Waals surface area contributed by atoms with Crippen molar-refractivity contribution in [2.75, 3.05) is 6.61 Å². The van der Waals surface area contributed by atoms with Crippen LogP contribution in [-0.4, -0.2) is 6.61 Å². The molecule has 1 aromatic heterocycles. The Hall–Kier alpha value is -0.740. The molecule has 100 valence electrons. The molecule has 2 aromatic rings. The van der Waals surface area contributed by atoms with Crippen molar-refractivity contribution in [3.8, 4) is 5.75 Å². The molecule has 1 aliphatic rings. The molecule has 1 N–H and O–H groups in total. The molecule has 1 aromatic carbocycles. The van der Waals surface area contributed by atoms with E-state index in [1.165, 1.54) is 5.56 Å². The van der Waals surface area contributed by atoms with E-state index in [2.05, 4.69) is 22.1 Å². The van der Waals surface area contributed by atoms with Crippen LogP contribution in [0.15, 0.2) is 29.0 Å². The average molecular weight is 314 g/mol. The normalized spacial score (nSPS) is 17.9. The van der Waals surface area contributed by atoms with Gasteiger partial charge in [0.05, 0.1) is 11.6 Å². The lowest BCUT2D eigenvalue weighted by Crippen LogP contribution is -2.26. The van der Waals surface area contributed by atoms with Crippen LogP contribution in [-0.2, 0) is 6.54 Å². The highest BCUT2D eigenvalue weighted by Crippen LogP contribution is 2.40. The maximum atomic E-state index is 6.18. The first-order valence-electron chi connectivity index (χ1n) is 6.10. The number of ether oxygens (including phenoxy) is 1. The van der Waals surface area contributed by atoms with E-state index < -0.39 is 0 Å². The Balaban J connectivity index is 1.81. The number of nitrogens with one attached hydrogen (secondary N) is 1. The van der Waals surface area contributed by atoms with Crippen LogP contribution in [0.1, 0.15) is 23.6 Å². The molecule has 0 amide bonds. The summed E-state index contributed by atoms with van der Waals surface area (Å²) in [5, 5.41) is 9.02. The molecule has 0 radical (unpaired) electrons. The van der Waals surface area contributed by atoms with E-state index >= 15 is 0 Å². The van der Waals surface area contributed by atoms with Crippen LogP contribution < -0.4 is 10.1 Å². The van der Waals surface area contributed by atoms with E-state index in [-0.39, 0.29) is 6.04 Å². The quantitative estimate of drug-likeness (QED) is 0.889. The maximum Gasteiger partial charge on any atom is 0.142 e. The minimum Gasteiger partial charge on any atom is -0.492 e. The Labute approximate surface area is 126 Å². The fourth-order valence-corrected chi connectivity index (χ4v) is 3.50. The molecule has 0 fully saturated rings. The molecule has 2 nitrogen and oxygen atoms in total. The average Bonchev–Trinajstić information content (AvgIpc) is 2.89. The first kappa shape index (κ1) is 13.3. The molecule has 0 bridgehead atoms. The molecular formula is C14H13Cl2NOS. The predicted molar refractivity (Wildman–Crippen MR) is 80.5 cm³/mol. The van der Waals surface area contributed by atoms with Gasteiger partial charge in [-0.3, -0.25) is 0 Å². The summed E-state index contributed by atoms with van der Waals surface area (Å²) in [4.78, 5) is 0. The molecule has 0 saturated heterocycles. The van der Waals surface area contributed by atoms with Gasteiger partial charge in [0.2, 0.25) is 0 Å². The third kappa shape index (κ3) is 2.90. The first-order chi connectivity index (χ1) is 9.24. The topological polar surface area (TPSA) is 21.3 Å². The third-order valence-corrected chi connectivity index (χ3v) is 4.43. The summed E-state index contributed by atoms with van der Waals surface area (Å²) in [6.07, 6.45) is 0.924. The standard InChI is InChI=1S/C14H13Cl2NOS/c15-10-5-11-13(17-7-9-2-4-19-8-9)1-3-18-14(11)12(16)6-10/h2,4-6,8,13,17H,1,3,7H2. The van der Waals surface area contributed by atoms with Gasteiger partial charge in [-0.25, -0.2) is 0 Å². The van der Waals surface area contributed by atoms with Gasteiger partial charge in [-0.2, -0.15) is 11.3 Å². The molecule has 19 heavy (non-hydrogen) atoms. The Morgan fingerprint density at radius 3 is 3.05 bits per heavy atom. The van der Waals surface area contributed by atoms with Gasteiger partial charge in [-0.1, -0.05) is 23.2 Å². The fraction of sp³-hybridized carbons (Fsp3) is 0.286. The monoisotopic (exact) mass is 313 g/mol. The molecule has 0 spiro atoms. The Morgan fingerprint density at radius 1 is 1.37 bits per heavy atom. The second-order valence-corrected chi connectivity index (χ2v) is 6.13. The van der Waals surface area contributed by atoms with Gasteiger partial charge in [-0.15, -0.1) is 0 Å². The van der Waals surface area contributed by atoms with Crippen LogP contribution in [0.4, 0.5) is 0 Å². The smallest absolute Gasteiger partial charge is 0.142 e. The Kier molecular flexibility index (Phi) is 3.99.